The number of anilines is 3. The molecule has 0 N–H and O–H groups in total. The Hall–Kier alpha value is -6.44. The van der Waals surface area contributed by atoms with Crippen molar-refractivity contribution in [1.29, 1.82) is 0 Å². The minimum Gasteiger partial charge on any atom is -0.310 e. The average molecular weight is 744 g/mol. The Morgan fingerprint density at radius 1 is 0.293 bits per heavy atom. The smallest absolute Gasteiger partial charge is 0.0468 e. The van der Waals surface area contributed by atoms with Gasteiger partial charge in [0.1, 0.15) is 0 Å². The van der Waals surface area contributed by atoms with Crippen molar-refractivity contribution < 1.29 is 0 Å². The molecule has 9 aromatic carbocycles. The van der Waals surface area contributed by atoms with E-state index in [4.69, 9.17) is 0 Å². The molecule has 0 amide bonds. The predicted molar refractivity (Wildman–Crippen MR) is 246 cm³/mol. The van der Waals surface area contributed by atoms with Gasteiger partial charge in [-0.3, -0.25) is 0 Å². The first kappa shape index (κ1) is 33.7. The van der Waals surface area contributed by atoms with Crippen LogP contribution in [0.2, 0.25) is 0 Å². The molecule has 278 valence electrons. The lowest BCUT2D eigenvalue weighted by Crippen LogP contribution is -2.17. The van der Waals surface area contributed by atoms with E-state index in [0.29, 0.717) is 0 Å². The van der Waals surface area contributed by atoms with Gasteiger partial charge in [-0.2, -0.15) is 0 Å². The molecule has 3 aliphatic rings. The van der Waals surface area contributed by atoms with E-state index in [1.54, 1.807) is 0 Å². The van der Waals surface area contributed by atoms with E-state index in [9.17, 15) is 0 Å². The van der Waals surface area contributed by atoms with Crippen LogP contribution in [0.15, 0.2) is 164 Å². The first-order chi connectivity index (χ1) is 28.0. The normalized spacial score (nSPS) is 15.8. The van der Waals surface area contributed by atoms with Crippen LogP contribution in [0.25, 0.3) is 65.7 Å². The van der Waals surface area contributed by atoms with Crippen LogP contribution >= 0.6 is 0 Å². The highest BCUT2D eigenvalue weighted by molar-refractivity contribution is 6.06. The van der Waals surface area contributed by atoms with E-state index in [2.05, 4.69) is 210 Å². The molecular formula is C57H45N. The predicted octanol–water partition coefficient (Wildman–Crippen LogP) is 15.5. The highest BCUT2D eigenvalue weighted by Gasteiger charge is 2.43. The molecule has 0 atom stereocenters. The second-order valence-electron chi connectivity index (χ2n) is 18.6. The van der Waals surface area contributed by atoms with E-state index in [1.807, 2.05) is 0 Å². The Balaban J connectivity index is 0.999. The highest BCUT2D eigenvalue weighted by atomic mass is 15.1. The zero-order valence-corrected chi connectivity index (χ0v) is 34.0. The van der Waals surface area contributed by atoms with Gasteiger partial charge in [-0.05, 0) is 160 Å². The van der Waals surface area contributed by atoms with Crippen LogP contribution in [0.1, 0.15) is 74.9 Å². The van der Waals surface area contributed by atoms with Gasteiger partial charge in [0.15, 0.2) is 0 Å². The lowest BCUT2D eigenvalue weighted by molar-refractivity contribution is 0.652. The largest absolute Gasteiger partial charge is 0.310 e. The van der Waals surface area contributed by atoms with Gasteiger partial charge in [-0.25, -0.2) is 0 Å². The van der Waals surface area contributed by atoms with Crippen molar-refractivity contribution in [3.05, 3.63) is 197 Å². The van der Waals surface area contributed by atoms with Crippen molar-refractivity contribution in [3.8, 4) is 33.4 Å². The molecule has 0 spiro atoms. The first-order valence-corrected chi connectivity index (χ1v) is 20.8. The second-order valence-corrected chi connectivity index (χ2v) is 18.6. The number of nitrogens with zero attached hydrogens (tertiary/aromatic N) is 1. The molecule has 0 aliphatic heterocycles. The summed E-state index contributed by atoms with van der Waals surface area (Å²) in [5.74, 6) is 0. The maximum atomic E-state index is 2.55. The van der Waals surface area contributed by atoms with Gasteiger partial charge >= 0.3 is 0 Å². The summed E-state index contributed by atoms with van der Waals surface area (Å²) in [7, 11) is 0. The van der Waals surface area contributed by atoms with Gasteiger partial charge in [-0.1, -0.05) is 145 Å². The van der Waals surface area contributed by atoms with E-state index in [1.165, 1.54) is 105 Å². The molecule has 0 bridgehead atoms. The van der Waals surface area contributed by atoms with E-state index < -0.39 is 0 Å². The van der Waals surface area contributed by atoms with Crippen LogP contribution in [-0.4, -0.2) is 0 Å². The summed E-state index contributed by atoms with van der Waals surface area (Å²) < 4.78 is 0. The number of para-hydroxylation sites is 1. The summed E-state index contributed by atoms with van der Waals surface area (Å²) >= 11 is 0. The molecule has 1 heteroatoms. The quantitative estimate of drug-likeness (QED) is 0.174. The van der Waals surface area contributed by atoms with Gasteiger partial charge in [0, 0.05) is 33.3 Å². The third kappa shape index (κ3) is 4.37. The Bertz CT molecular complexity index is 3250. The summed E-state index contributed by atoms with van der Waals surface area (Å²) in [6.45, 7) is 14.4. The molecule has 0 fully saturated rings. The number of rotatable bonds is 3. The van der Waals surface area contributed by atoms with Gasteiger partial charge in [0.25, 0.3) is 0 Å². The Morgan fingerprint density at radius 2 is 0.776 bits per heavy atom. The fraction of sp³-hybridized carbons (Fsp3) is 0.158. The summed E-state index contributed by atoms with van der Waals surface area (Å²) in [5, 5.41) is 7.82. The lowest BCUT2D eigenvalue weighted by Gasteiger charge is -2.28. The van der Waals surface area contributed by atoms with Gasteiger partial charge in [-0.15, -0.1) is 0 Å². The molecule has 3 aliphatic carbocycles. The molecule has 9 aromatic rings. The minimum absolute atomic E-state index is 0.0807. The summed E-state index contributed by atoms with van der Waals surface area (Å²) in [6, 6.07) is 62.2. The highest BCUT2D eigenvalue weighted by Crippen LogP contribution is 2.58. The first-order valence-electron chi connectivity index (χ1n) is 20.8. The maximum absolute atomic E-state index is 2.55. The molecule has 12 rings (SSSR count). The van der Waals surface area contributed by atoms with E-state index >= 15 is 0 Å². The summed E-state index contributed by atoms with van der Waals surface area (Å²) in [6.07, 6.45) is 0. The monoisotopic (exact) mass is 743 g/mol. The van der Waals surface area contributed by atoms with E-state index in [0.717, 1.165) is 11.4 Å². The molecule has 0 radical (unpaired) electrons. The molecule has 0 saturated carbocycles. The van der Waals surface area contributed by atoms with Crippen molar-refractivity contribution in [3.63, 3.8) is 0 Å². The van der Waals surface area contributed by atoms with Crippen molar-refractivity contribution in [2.45, 2.75) is 57.8 Å². The summed E-state index contributed by atoms with van der Waals surface area (Å²) in [4.78, 5) is 2.45. The van der Waals surface area contributed by atoms with Crippen LogP contribution < -0.4 is 4.90 Å². The van der Waals surface area contributed by atoms with Crippen molar-refractivity contribution >= 4 is 49.4 Å². The fourth-order valence-electron chi connectivity index (χ4n) is 11.3. The Labute approximate surface area is 341 Å². The van der Waals surface area contributed by atoms with Crippen LogP contribution in [0.3, 0.4) is 0 Å². The van der Waals surface area contributed by atoms with Crippen LogP contribution in [-0.2, 0) is 16.2 Å². The van der Waals surface area contributed by atoms with Gasteiger partial charge < -0.3 is 4.90 Å². The van der Waals surface area contributed by atoms with Gasteiger partial charge in [0.2, 0.25) is 0 Å². The Kier molecular flexibility index (Phi) is 6.60. The van der Waals surface area contributed by atoms with Crippen LogP contribution in [0, 0.1) is 0 Å². The molecule has 0 heterocycles. The Morgan fingerprint density at radius 3 is 1.45 bits per heavy atom. The minimum atomic E-state index is -0.176. The molecule has 0 saturated heterocycles. The third-order valence-electron chi connectivity index (χ3n) is 14.4. The molecule has 58 heavy (non-hydrogen) atoms. The van der Waals surface area contributed by atoms with E-state index in [-0.39, 0.29) is 16.2 Å². The molecule has 1 nitrogen and oxygen atoms in total. The topological polar surface area (TPSA) is 3.24 Å². The molecule has 0 aromatic heterocycles. The zero-order valence-electron chi connectivity index (χ0n) is 34.0. The number of benzene rings is 9. The standard InChI is InChI=1S/C57H45N/c1-55(2)47-26-21-34-14-10-12-18-41(34)53(47)45-29-36-20-23-39(28-37(36)30-49(45)55)58(38-16-8-7-9-17-38)40-24-25-43-44-32-52-46(33-51(44)57(5,6)50(43)31-40)54-42-19-13-11-15-35(42)22-27-48(54)56(52,3)4/h7-33H,1-6H3. The SMILES string of the molecule is CC1(C)c2cc(N(c3ccccc3)c3ccc4cc5c(cc4c3)C(C)(C)c3ccc4ccccc4c3-5)ccc2-c2cc3c(cc21)-c1c(ccc2ccccc12)C3(C)C. The summed E-state index contributed by atoms with van der Waals surface area (Å²) in [5.41, 5.74) is 19.9. The fourth-order valence-corrected chi connectivity index (χ4v) is 11.3. The maximum Gasteiger partial charge on any atom is 0.0468 e. The van der Waals surface area contributed by atoms with Crippen LogP contribution in [0.5, 0.6) is 0 Å². The lowest BCUT2D eigenvalue weighted by atomic mass is 9.79. The number of hydrogen-bond donors (Lipinski definition) is 0. The van der Waals surface area contributed by atoms with Crippen LogP contribution in [0.4, 0.5) is 17.1 Å². The molecular weight excluding hydrogens is 699 g/mol. The van der Waals surface area contributed by atoms with Crippen molar-refractivity contribution in [1.82, 2.24) is 0 Å². The number of hydrogen-bond acceptors (Lipinski definition) is 1. The zero-order chi connectivity index (χ0) is 39.3. The number of fused-ring (bicyclic) bond motifs is 14. The van der Waals surface area contributed by atoms with Crippen molar-refractivity contribution in [2.24, 2.45) is 0 Å². The third-order valence-corrected chi connectivity index (χ3v) is 14.4. The van der Waals surface area contributed by atoms with Crippen molar-refractivity contribution in [2.75, 3.05) is 4.90 Å². The second kappa shape index (κ2) is 11.4. The molecule has 0 unspecified atom stereocenters. The van der Waals surface area contributed by atoms with Gasteiger partial charge in [0.05, 0.1) is 0 Å². The average Bonchev–Trinajstić information content (AvgIpc) is 3.71.